The number of nitrogens with zero attached hydrogens (tertiary/aromatic N) is 2. The Bertz CT molecular complexity index is 728. The van der Waals surface area contributed by atoms with Crippen molar-refractivity contribution in [2.75, 3.05) is 25.5 Å². The zero-order chi connectivity index (χ0) is 17.1. The van der Waals surface area contributed by atoms with Crippen molar-refractivity contribution in [3.05, 3.63) is 57.6 Å². The molecule has 0 radical (unpaired) electrons. The molecule has 3 nitrogen and oxygen atoms in total. The molecule has 0 heterocycles. The van der Waals surface area contributed by atoms with Crippen LogP contribution in [-0.2, 0) is 0 Å². The maximum atomic E-state index is 8.26. The fraction of sp³-hybridized carbons (Fsp3) is 0.278. The second-order valence-electron chi connectivity index (χ2n) is 5.49. The minimum atomic E-state index is 0.424. The summed E-state index contributed by atoms with van der Waals surface area (Å²) in [6, 6.07) is 11.5. The number of nitrogens with one attached hydrogen (secondary N) is 1. The minimum absolute atomic E-state index is 0.424. The van der Waals surface area contributed by atoms with E-state index < -0.39 is 0 Å². The van der Waals surface area contributed by atoms with Crippen LogP contribution in [0.3, 0.4) is 0 Å². The summed E-state index contributed by atoms with van der Waals surface area (Å²) in [5, 5.41) is 9.51. The fourth-order valence-electron chi connectivity index (χ4n) is 2.43. The summed E-state index contributed by atoms with van der Waals surface area (Å²) in [6.45, 7) is 4.78. The lowest BCUT2D eigenvalue weighted by Crippen LogP contribution is -2.26. The Hall–Kier alpha value is -1.71. The molecule has 0 atom stereocenters. The second-order valence-corrected chi connectivity index (χ2v) is 6.31. The molecule has 0 amide bonds. The Morgan fingerprint density at radius 3 is 2.30 bits per heavy atom. The monoisotopic (exact) mass is 349 g/mol. The van der Waals surface area contributed by atoms with Crippen molar-refractivity contribution >= 4 is 40.4 Å². The molecule has 2 rings (SSSR count). The summed E-state index contributed by atoms with van der Waals surface area (Å²) in [5.74, 6) is 0.424. The first kappa shape index (κ1) is 17.6. The molecule has 2 aromatic carbocycles. The molecule has 0 fully saturated rings. The highest BCUT2D eigenvalue weighted by molar-refractivity contribution is 6.34. The molecule has 0 aliphatic rings. The van der Waals surface area contributed by atoms with Crippen LogP contribution < -0.4 is 4.90 Å². The van der Waals surface area contributed by atoms with Gasteiger partial charge < -0.3 is 9.80 Å². The Morgan fingerprint density at radius 2 is 1.70 bits per heavy atom. The zero-order valence-corrected chi connectivity index (χ0v) is 15.3. The SMILES string of the molecule is CCN(C)C(=N)c1cc(C)c(N(C)c2ccccc2Cl)cc1Cl. The van der Waals surface area contributed by atoms with E-state index in [4.69, 9.17) is 28.6 Å². The van der Waals surface area contributed by atoms with Gasteiger partial charge in [-0.3, -0.25) is 5.41 Å². The van der Waals surface area contributed by atoms with Crippen LogP contribution in [0.25, 0.3) is 0 Å². The lowest BCUT2D eigenvalue weighted by Gasteiger charge is -2.25. The topological polar surface area (TPSA) is 30.3 Å². The van der Waals surface area contributed by atoms with Gasteiger partial charge >= 0.3 is 0 Å². The van der Waals surface area contributed by atoms with Crippen molar-refractivity contribution < 1.29 is 0 Å². The van der Waals surface area contributed by atoms with Gasteiger partial charge in [-0.25, -0.2) is 0 Å². The highest BCUT2D eigenvalue weighted by atomic mass is 35.5. The van der Waals surface area contributed by atoms with Gasteiger partial charge in [-0.05, 0) is 43.7 Å². The highest BCUT2D eigenvalue weighted by Gasteiger charge is 2.16. The third kappa shape index (κ3) is 3.62. The van der Waals surface area contributed by atoms with Crippen molar-refractivity contribution in [1.82, 2.24) is 4.90 Å². The van der Waals surface area contributed by atoms with Crippen LogP contribution in [0.5, 0.6) is 0 Å². The predicted molar refractivity (Wildman–Crippen MR) is 101 cm³/mol. The quantitative estimate of drug-likeness (QED) is 0.595. The normalized spacial score (nSPS) is 10.5. The standard InChI is InChI=1S/C18H21Cl2N3/c1-5-22(3)18(21)13-10-12(2)17(11-15(13)20)23(4)16-9-7-6-8-14(16)19/h6-11,21H,5H2,1-4H3. The van der Waals surface area contributed by atoms with Gasteiger partial charge in [-0.15, -0.1) is 0 Å². The average molecular weight is 350 g/mol. The lowest BCUT2D eigenvalue weighted by molar-refractivity contribution is 0.533. The van der Waals surface area contributed by atoms with E-state index in [9.17, 15) is 0 Å². The number of anilines is 2. The fourth-order valence-corrected chi connectivity index (χ4v) is 2.94. The lowest BCUT2D eigenvalue weighted by atomic mass is 10.1. The molecule has 0 unspecified atom stereocenters. The number of halogens is 2. The van der Waals surface area contributed by atoms with Crippen molar-refractivity contribution in [3.63, 3.8) is 0 Å². The molecular formula is C18H21Cl2N3. The Labute approximate surface area is 147 Å². The summed E-state index contributed by atoms with van der Waals surface area (Å²) in [5.41, 5.74) is 3.67. The summed E-state index contributed by atoms with van der Waals surface area (Å²) in [6.07, 6.45) is 0. The van der Waals surface area contributed by atoms with Gasteiger partial charge in [0, 0.05) is 31.9 Å². The molecule has 0 bridgehead atoms. The van der Waals surface area contributed by atoms with Gasteiger partial charge in [0.15, 0.2) is 0 Å². The Morgan fingerprint density at radius 1 is 1.04 bits per heavy atom. The molecule has 0 saturated heterocycles. The van der Waals surface area contributed by atoms with Crippen LogP contribution in [-0.4, -0.2) is 31.4 Å². The molecule has 0 aliphatic heterocycles. The molecule has 0 aliphatic carbocycles. The van der Waals surface area contributed by atoms with E-state index in [-0.39, 0.29) is 0 Å². The molecule has 0 aromatic heterocycles. The number of aryl methyl sites for hydroxylation is 1. The van der Waals surface area contributed by atoms with Gasteiger partial charge in [0.05, 0.1) is 15.7 Å². The van der Waals surface area contributed by atoms with Gasteiger partial charge in [-0.2, -0.15) is 0 Å². The predicted octanol–water partition coefficient (Wildman–Crippen LogP) is 5.35. The average Bonchev–Trinajstić information content (AvgIpc) is 2.55. The van der Waals surface area contributed by atoms with Crippen LogP contribution in [0.1, 0.15) is 18.1 Å². The Kier molecular flexibility index (Phi) is 5.55. The van der Waals surface area contributed by atoms with Crippen LogP contribution >= 0.6 is 23.2 Å². The maximum absolute atomic E-state index is 8.26. The molecule has 2 aromatic rings. The first-order valence-corrected chi connectivity index (χ1v) is 8.20. The first-order valence-electron chi connectivity index (χ1n) is 7.45. The van der Waals surface area contributed by atoms with Crippen molar-refractivity contribution in [2.24, 2.45) is 0 Å². The van der Waals surface area contributed by atoms with Crippen molar-refractivity contribution in [3.8, 4) is 0 Å². The minimum Gasteiger partial charge on any atom is -0.360 e. The molecule has 0 saturated carbocycles. The van der Waals surface area contributed by atoms with E-state index in [1.54, 1.807) is 0 Å². The largest absolute Gasteiger partial charge is 0.360 e. The van der Waals surface area contributed by atoms with E-state index in [0.29, 0.717) is 15.9 Å². The van der Waals surface area contributed by atoms with Crippen LogP contribution in [0, 0.1) is 12.3 Å². The molecular weight excluding hydrogens is 329 g/mol. The number of benzene rings is 2. The van der Waals surface area contributed by atoms with Gasteiger partial charge in [0.1, 0.15) is 5.84 Å². The van der Waals surface area contributed by atoms with Gasteiger partial charge in [0.2, 0.25) is 0 Å². The molecule has 23 heavy (non-hydrogen) atoms. The number of amidine groups is 1. The molecule has 1 N–H and O–H groups in total. The molecule has 122 valence electrons. The molecule has 0 spiro atoms. The Balaban J connectivity index is 2.45. The first-order chi connectivity index (χ1) is 10.9. The molecule has 5 heteroatoms. The van der Waals surface area contributed by atoms with E-state index >= 15 is 0 Å². The highest BCUT2D eigenvalue weighted by Crippen LogP contribution is 2.35. The second kappa shape index (κ2) is 7.24. The summed E-state index contributed by atoms with van der Waals surface area (Å²) in [7, 11) is 3.85. The van der Waals surface area contributed by atoms with Crippen LogP contribution in [0.15, 0.2) is 36.4 Å². The van der Waals surface area contributed by atoms with E-state index in [1.165, 1.54) is 0 Å². The van der Waals surface area contributed by atoms with E-state index in [0.717, 1.165) is 29.0 Å². The van der Waals surface area contributed by atoms with E-state index in [1.807, 2.05) is 74.1 Å². The third-order valence-corrected chi connectivity index (χ3v) is 4.60. The number of para-hydroxylation sites is 1. The summed E-state index contributed by atoms with van der Waals surface area (Å²) < 4.78 is 0. The summed E-state index contributed by atoms with van der Waals surface area (Å²) >= 11 is 12.7. The zero-order valence-electron chi connectivity index (χ0n) is 13.8. The van der Waals surface area contributed by atoms with Crippen molar-refractivity contribution in [1.29, 1.82) is 5.41 Å². The number of hydrogen-bond donors (Lipinski definition) is 1. The van der Waals surface area contributed by atoms with E-state index in [2.05, 4.69) is 0 Å². The third-order valence-electron chi connectivity index (χ3n) is 3.97. The number of rotatable bonds is 4. The van der Waals surface area contributed by atoms with Crippen LogP contribution in [0.4, 0.5) is 11.4 Å². The van der Waals surface area contributed by atoms with Crippen molar-refractivity contribution in [2.45, 2.75) is 13.8 Å². The smallest absolute Gasteiger partial charge is 0.129 e. The van der Waals surface area contributed by atoms with Gasteiger partial charge in [0.25, 0.3) is 0 Å². The number of hydrogen-bond acceptors (Lipinski definition) is 2. The maximum Gasteiger partial charge on any atom is 0.129 e. The van der Waals surface area contributed by atoms with Gasteiger partial charge in [-0.1, -0.05) is 35.3 Å². The summed E-state index contributed by atoms with van der Waals surface area (Å²) in [4.78, 5) is 3.87. The van der Waals surface area contributed by atoms with Crippen LogP contribution in [0.2, 0.25) is 10.0 Å².